The molecule has 8 heteroatoms. The number of methoxy groups -OCH3 is 1. The van der Waals surface area contributed by atoms with Crippen LogP contribution in [0.5, 0.6) is 0 Å². The van der Waals surface area contributed by atoms with E-state index in [1.807, 2.05) is 6.07 Å². The van der Waals surface area contributed by atoms with Gasteiger partial charge in [-0.2, -0.15) is 0 Å². The normalized spacial score (nSPS) is 20.7. The molecular weight excluding hydrogens is 338 g/mol. The van der Waals surface area contributed by atoms with Gasteiger partial charge in [-0.05, 0) is 31.9 Å². The van der Waals surface area contributed by atoms with E-state index in [2.05, 4.69) is 5.32 Å². The number of thiophene rings is 1. The number of hydrogen-bond acceptors (Lipinski definition) is 7. The topological polar surface area (TPSA) is 81.7 Å². The molecule has 0 radical (unpaired) electrons. The molecule has 1 atom stereocenters. The molecule has 1 fully saturated rings. The lowest BCUT2D eigenvalue weighted by Crippen LogP contribution is -2.55. The first-order chi connectivity index (χ1) is 11.0. The summed E-state index contributed by atoms with van der Waals surface area (Å²) in [6.45, 7) is 2.63. The fourth-order valence-corrected chi connectivity index (χ4v) is 4.43. The third-order valence-corrected chi connectivity index (χ3v) is 6.06. The SMILES string of the molecule is CCOC(=O)c1ccc(CCC2(C(=O)OC)SCCNC2=O)s1. The molecule has 0 saturated carbocycles. The third kappa shape index (κ3) is 3.87. The van der Waals surface area contributed by atoms with Crippen molar-refractivity contribution in [1.82, 2.24) is 5.32 Å². The quantitative estimate of drug-likeness (QED) is 0.616. The molecule has 126 valence electrons. The van der Waals surface area contributed by atoms with Crippen molar-refractivity contribution in [3.05, 3.63) is 21.9 Å². The van der Waals surface area contributed by atoms with E-state index in [9.17, 15) is 14.4 Å². The number of hydrogen-bond donors (Lipinski definition) is 1. The highest BCUT2D eigenvalue weighted by atomic mass is 32.2. The zero-order valence-corrected chi connectivity index (χ0v) is 14.7. The Balaban J connectivity index is 2.08. The molecule has 1 aromatic heterocycles. The first kappa shape index (κ1) is 17.8. The fourth-order valence-electron chi connectivity index (χ4n) is 2.33. The summed E-state index contributed by atoms with van der Waals surface area (Å²) in [5.41, 5.74) is 0. The molecule has 1 saturated heterocycles. The van der Waals surface area contributed by atoms with Crippen LogP contribution in [0.2, 0.25) is 0 Å². The summed E-state index contributed by atoms with van der Waals surface area (Å²) in [4.78, 5) is 37.5. The second-order valence-electron chi connectivity index (χ2n) is 4.91. The second-order valence-corrected chi connectivity index (χ2v) is 7.47. The van der Waals surface area contributed by atoms with Crippen LogP contribution in [-0.4, -0.2) is 48.6 Å². The smallest absolute Gasteiger partial charge is 0.348 e. The lowest BCUT2D eigenvalue weighted by molar-refractivity contribution is -0.148. The highest BCUT2D eigenvalue weighted by molar-refractivity contribution is 8.02. The van der Waals surface area contributed by atoms with Gasteiger partial charge in [-0.25, -0.2) is 9.59 Å². The maximum Gasteiger partial charge on any atom is 0.348 e. The molecule has 0 aliphatic carbocycles. The highest BCUT2D eigenvalue weighted by Crippen LogP contribution is 2.35. The lowest BCUT2D eigenvalue weighted by atomic mass is 10.00. The monoisotopic (exact) mass is 357 g/mol. The van der Waals surface area contributed by atoms with Gasteiger partial charge in [-0.3, -0.25) is 4.79 Å². The zero-order chi connectivity index (χ0) is 16.9. The number of aryl methyl sites for hydroxylation is 1. The first-order valence-electron chi connectivity index (χ1n) is 7.30. The van der Waals surface area contributed by atoms with Crippen LogP contribution in [0.4, 0.5) is 0 Å². The van der Waals surface area contributed by atoms with Crippen molar-refractivity contribution in [3.63, 3.8) is 0 Å². The second kappa shape index (κ2) is 7.83. The van der Waals surface area contributed by atoms with Crippen LogP contribution in [-0.2, 0) is 25.5 Å². The Bertz CT molecular complexity index is 590. The highest BCUT2D eigenvalue weighted by Gasteiger charge is 2.49. The molecule has 0 aromatic carbocycles. The summed E-state index contributed by atoms with van der Waals surface area (Å²) in [5, 5.41) is 2.73. The number of carbonyl (C=O) groups is 3. The van der Waals surface area contributed by atoms with E-state index in [1.165, 1.54) is 30.2 Å². The van der Waals surface area contributed by atoms with Gasteiger partial charge in [0, 0.05) is 17.2 Å². The van der Waals surface area contributed by atoms with Crippen LogP contribution in [0, 0.1) is 0 Å². The molecule has 2 rings (SSSR count). The Morgan fingerprint density at radius 1 is 1.39 bits per heavy atom. The lowest BCUT2D eigenvalue weighted by Gasteiger charge is -2.32. The molecule has 1 aliphatic rings. The van der Waals surface area contributed by atoms with Crippen molar-refractivity contribution in [3.8, 4) is 0 Å². The number of nitrogens with one attached hydrogen (secondary N) is 1. The van der Waals surface area contributed by atoms with E-state index in [4.69, 9.17) is 9.47 Å². The van der Waals surface area contributed by atoms with Gasteiger partial charge in [0.05, 0.1) is 13.7 Å². The minimum Gasteiger partial charge on any atom is -0.468 e. The standard InChI is InChI=1S/C15H19NO5S2/c1-3-21-12(17)11-5-4-10(23-11)6-7-15(14(19)20-2)13(18)16-8-9-22-15/h4-5H,3,6-9H2,1-2H3,(H,16,18). The van der Waals surface area contributed by atoms with E-state index >= 15 is 0 Å². The Kier molecular flexibility index (Phi) is 6.06. The number of thioether (sulfide) groups is 1. The van der Waals surface area contributed by atoms with Gasteiger partial charge in [-0.15, -0.1) is 23.1 Å². The Morgan fingerprint density at radius 2 is 2.17 bits per heavy atom. The Hall–Kier alpha value is -1.54. The number of rotatable bonds is 6. The van der Waals surface area contributed by atoms with E-state index in [0.717, 1.165) is 4.88 Å². The fraction of sp³-hybridized carbons (Fsp3) is 0.533. The number of ether oxygens (including phenoxy) is 2. The van der Waals surface area contributed by atoms with Crippen LogP contribution >= 0.6 is 23.1 Å². The van der Waals surface area contributed by atoms with Crippen LogP contribution in [0.15, 0.2) is 12.1 Å². The largest absolute Gasteiger partial charge is 0.468 e. The van der Waals surface area contributed by atoms with Crippen molar-refractivity contribution >= 4 is 40.9 Å². The summed E-state index contributed by atoms with van der Waals surface area (Å²) in [5.74, 6) is -0.514. The average Bonchev–Trinajstić information content (AvgIpc) is 3.03. The maximum absolute atomic E-state index is 12.2. The molecular formula is C15H19NO5S2. The van der Waals surface area contributed by atoms with Gasteiger partial charge in [-0.1, -0.05) is 0 Å². The third-order valence-electron chi connectivity index (χ3n) is 3.48. The summed E-state index contributed by atoms with van der Waals surface area (Å²) in [6.07, 6.45) is 0.846. The number of amides is 1. The molecule has 1 N–H and O–H groups in total. The Morgan fingerprint density at radius 3 is 2.83 bits per heavy atom. The van der Waals surface area contributed by atoms with Crippen molar-refractivity contribution in [2.75, 3.05) is 26.0 Å². The molecule has 1 aliphatic heterocycles. The van der Waals surface area contributed by atoms with Crippen LogP contribution in [0.3, 0.4) is 0 Å². The van der Waals surface area contributed by atoms with Crippen molar-refractivity contribution in [1.29, 1.82) is 0 Å². The van der Waals surface area contributed by atoms with Crippen molar-refractivity contribution in [2.45, 2.75) is 24.5 Å². The van der Waals surface area contributed by atoms with E-state index in [0.29, 0.717) is 36.6 Å². The van der Waals surface area contributed by atoms with Crippen molar-refractivity contribution < 1.29 is 23.9 Å². The van der Waals surface area contributed by atoms with Gasteiger partial charge < -0.3 is 14.8 Å². The van der Waals surface area contributed by atoms with Gasteiger partial charge in [0.2, 0.25) is 5.91 Å². The molecule has 1 amide bonds. The predicted molar refractivity (Wildman–Crippen MR) is 88.8 cm³/mol. The van der Waals surface area contributed by atoms with Crippen molar-refractivity contribution in [2.24, 2.45) is 0 Å². The van der Waals surface area contributed by atoms with E-state index in [1.54, 1.807) is 13.0 Å². The average molecular weight is 357 g/mol. The summed E-state index contributed by atoms with van der Waals surface area (Å²) >= 11 is 2.64. The van der Waals surface area contributed by atoms with Crippen LogP contribution < -0.4 is 5.32 Å². The summed E-state index contributed by atoms with van der Waals surface area (Å²) in [6, 6.07) is 3.53. The maximum atomic E-state index is 12.2. The van der Waals surface area contributed by atoms with E-state index in [-0.39, 0.29) is 11.9 Å². The van der Waals surface area contributed by atoms with E-state index < -0.39 is 10.7 Å². The zero-order valence-electron chi connectivity index (χ0n) is 13.0. The summed E-state index contributed by atoms with van der Waals surface area (Å²) in [7, 11) is 1.29. The molecule has 23 heavy (non-hydrogen) atoms. The number of esters is 2. The minimum atomic E-state index is -1.21. The molecule has 6 nitrogen and oxygen atoms in total. The molecule has 0 bridgehead atoms. The van der Waals surface area contributed by atoms with Gasteiger partial charge in [0.15, 0.2) is 4.75 Å². The van der Waals surface area contributed by atoms with Gasteiger partial charge in [0.1, 0.15) is 4.88 Å². The van der Waals surface area contributed by atoms with Crippen LogP contribution in [0.1, 0.15) is 27.9 Å². The molecule has 0 spiro atoms. The summed E-state index contributed by atoms with van der Waals surface area (Å²) < 4.78 is 8.59. The predicted octanol–water partition coefficient (Wildman–Crippen LogP) is 1.63. The molecule has 2 heterocycles. The molecule has 1 unspecified atom stereocenters. The van der Waals surface area contributed by atoms with Gasteiger partial charge >= 0.3 is 11.9 Å². The van der Waals surface area contributed by atoms with Crippen LogP contribution in [0.25, 0.3) is 0 Å². The Labute approximate surface area is 142 Å². The molecule has 1 aromatic rings. The first-order valence-corrected chi connectivity index (χ1v) is 9.10. The minimum absolute atomic E-state index is 0.303. The van der Waals surface area contributed by atoms with Gasteiger partial charge in [0.25, 0.3) is 0 Å². The number of carbonyl (C=O) groups excluding carboxylic acids is 3.